The minimum absolute atomic E-state index is 0. The maximum absolute atomic E-state index is 13.9. The molecular weight excluding hydrogens is 487 g/mol. The molecule has 2 heterocycles. The van der Waals surface area contributed by atoms with Crippen LogP contribution in [0.3, 0.4) is 0 Å². The van der Waals surface area contributed by atoms with E-state index in [1.807, 2.05) is 0 Å². The van der Waals surface area contributed by atoms with Gasteiger partial charge >= 0.3 is 5.97 Å². The van der Waals surface area contributed by atoms with Crippen molar-refractivity contribution < 1.29 is 27.5 Å². The lowest BCUT2D eigenvalue weighted by Gasteiger charge is -2.28. The van der Waals surface area contributed by atoms with Crippen molar-refractivity contribution in [2.24, 2.45) is 5.73 Å². The van der Waals surface area contributed by atoms with Crippen LogP contribution in [0.1, 0.15) is 28.0 Å². The molecule has 0 radical (unpaired) electrons. The van der Waals surface area contributed by atoms with Gasteiger partial charge < -0.3 is 15.4 Å². The summed E-state index contributed by atoms with van der Waals surface area (Å²) in [4.78, 5) is 26.1. The molecule has 2 aromatic carbocycles. The van der Waals surface area contributed by atoms with Crippen LogP contribution in [0.5, 0.6) is 0 Å². The van der Waals surface area contributed by atoms with Crippen LogP contribution >= 0.6 is 12.4 Å². The number of carbonyl (C=O) groups excluding carboxylic acids is 2. The first-order valence-corrected chi connectivity index (χ1v) is 10.5. The third-order valence-corrected chi connectivity index (χ3v) is 5.70. The molecule has 8 nitrogen and oxygen atoms in total. The number of carbonyl (C=O) groups is 2. The fourth-order valence-corrected chi connectivity index (χ4v) is 3.89. The second kappa shape index (κ2) is 10.9. The molecule has 0 aliphatic carbocycles. The van der Waals surface area contributed by atoms with Gasteiger partial charge in [-0.05, 0) is 30.2 Å². The Morgan fingerprint density at radius 3 is 2.46 bits per heavy atom. The normalized spacial score (nSPS) is 13.6. The highest BCUT2D eigenvalue weighted by molar-refractivity contribution is 5.90. The molecule has 12 heteroatoms. The number of nitrogens with zero attached hydrogens (tertiary/aromatic N) is 4. The lowest BCUT2D eigenvalue weighted by molar-refractivity contribution is -0.133. The van der Waals surface area contributed by atoms with E-state index < -0.39 is 29.5 Å². The van der Waals surface area contributed by atoms with Gasteiger partial charge in [0, 0.05) is 30.6 Å². The molecule has 0 spiro atoms. The lowest BCUT2D eigenvalue weighted by Crippen LogP contribution is -2.41. The van der Waals surface area contributed by atoms with Crippen molar-refractivity contribution >= 4 is 24.3 Å². The van der Waals surface area contributed by atoms with Crippen LogP contribution in [-0.2, 0) is 29.0 Å². The Bertz CT molecular complexity index is 1240. The summed E-state index contributed by atoms with van der Waals surface area (Å²) in [6.07, 6.45) is -0.205. The summed E-state index contributed by atoms with van der Waals surface area (Å²) in [6.45, 7) is 1.07. The number of fused-ring (bicyclic) bond motifs is 1. The predicted molar refractivity (Wildman–Crippen MR) is 122 cm³/mol. The third kappa shape index (κ3) is 5.63. The first-order valence-electron chi connectivity index (χ1n) is 10.5. The second-order valence-corrected chi connectivity index (χ2v) is 8.02. The molecule has 0 fully saturated rings. The third-order valence-electron chi connectivity index (χ3n) is 5.70. The smallest absolute Gasteiger partial charge is 0.337 e. The zero-order valence-corrected chi connectivity index (χ0v) is 19.5. The number of aromatic nitrogens is 3. The Balaban J connectivity index is 0.00000342. The van der Waals surface area contributed by atoms with Crippen molar-refractivity contribution in [2.75, 3.05) is 13.7 Å². The molecule has 0 bridgehead atoms. The lowest BCUT2D eigenvalue weighted by atomic mass is 10.0. The van der Waals surface area contributed by atoms with Crippen molar-refractivity contribution in [1.29, 1.82) is 0 Å². The molecular formula is C23H23ClF3N5O3. The van der Waals surface area contributed by atoms with Gasteiger partial charge in [0.15, 0.2) is 11.6 Å². The molecule has 1 aromatic heterocycles. The second-order valence-electron chi connectivity index (χ2n) is 8.02. The van der Waals surface area contributed by atoms with Crippen LogP contribution in [0.2, 0.25) is 0 Å². The van der Waals surface area contributed by atoms with E-state index in [1.54, 1.807) is 33.8 Å². The zero-order chi connectivity index (χ0) is 24.4. The molecule has 1 atom stereocenters. The number of hydrogen-bond donors (Lipinski definition) is 1. The maximum Gasteiger partial charge on any atom is 0.337 e. The molecule has 2 N–H and O–H groups in total. The maximum atomic E-state index is 13.9. The quantitative estimate of drug-likeness (QED) is 0.405. The summed E-state index contributed by atoms with van der Waals surface area (Å²) in [7, 11) is 1.30. The van der Waals surface area contributed by atoms with E-state index in [-0.39, 0.29) is 43.3 Å². The number of rotatable bonds is 6. The number of esters is 1. The Morgan fingerprint density at radius 2 is 1.77 bits per heavy atom. The van der Waals surface area contributed by atoms with Crippen LogP contribution < -0.4 is 5.73 Å². The standard InChI is InChI=1S/C23H22F3N5O3.ClH/c1-34-23(33)14-4-2-13(3-5-14)22-20-12-30(6-7-31(20)29-28-22)21(32)10-16(27)8-15-9-18(25)19(26)11-17(15)24;/h2-5,9,11,16H,6-8,10,12,27H2,1H3;1H/t16-;/m1./s1. The van der Waals surface area contributed by atoms with Crippen molar-refractivity contribution in [1.82, 2.24) is 19.9 Å². The van der Waals surface area contributed by atoms with Gasteiger partial charge in [-0.2, -0.15) is 0 Å². The van der Waals surface area contributed by atoms with Crippen LogP contribution in [0.15, 0.2) is 36.4 Å². The van der Waals surface area contributed by atoms with Crippen LogP contribution in [0.4, 0.5) is 13.2 Å². The predicted octanol–water partition coefficient (Wildman–Crippen LogP) is 2.87. The van der Waals surface area contributed by atoms with Crippen LogP contribution in [0, 0.1) is 17.5 Å². The molecule has 3 aromatic rings. The van der Waals surface area contributed by atoms with Crippen molar-refractivity contribution in [3.8, 4) is 11.3 Å². The fourth-order valence-electron chi connectivity index (χ4n) is 3.89. The molecule has 186 valence electrons. The van der Waals surface area contributed by atoms with Crippen molar-refractivity contribution in [3.63, 3.8) is 0 Å². The monoisotopic (exact) mass is 509 g/mol. The number of halogens is 4. The Morgan fingerprint density at radius 1 is 1.09 bits per heavy atom. The van der Waals surface area contributed by atoms with Gasteiger partial charge in [0.25, 0.3) is 0 Å². The van der Waals surface area contributed by atoms with E-state index in [4.69, 9.17) is 10.5 Å². The Labute approximate surface area is 205 Å². The fraction of sp³-hybridized carbons (Fsp3) is 0.304. The Hall–Kier alpha value is -3.44. The topological polar surface area (TPSA) is 103 Å². The van der Waals surface area contributed by atoms with Crippen LogP contribution in [0.25, 0.3) is 11.3 Å². The average Bonchev–Trinajstić information content (AvgIpc) is 3.25. The SMILES string of the molecule is COC(=O)c1ccc(-c2nnn3c2CN(C(=O)C[C@H](N)Cc2cc(F)c(F)cc2F)CC3)cc1.Cl. The van der Waals surface area contributed by atoms with Gasteiger partial charge in [0.1, 0.15) is 11.5 Å². The highest BCUT2D eigenvalue weighted by Crippen LogP contribution is 2.26. The van der Waals surface area contributed by atoms with E-state index in [9.17, 15) is 22.8 Å². The number of hydrogen-bond acceptors (Lipinski definition) is 6. The molecule has 4 rings (SSSR count). The van der Waals surface area contributed by atoms with Crippen molar-refractivity contribution in [2.45, 2.75) is 32.0 Å². The summed E-state index contributed by atoms with van der Waals surface area (Å²) in [5.41, 5.74) is 8.37. The zero-order valence-electron chi connectivity index (χ0n) is 18.7. The minimum Gasteiger partial charge on any atom is -0.465 e. The number of nitrogens with two attached hydrogens (primary N) is 1. The van der Waals surface area contributed by atoms with E-state index in [1.165, 1.54) is 7.11 Å². The molecule has 0 saturated carbocycles. The van der Waals surface area contributed by atoms with E-state index in [0.717, 1.165) is 17.3 Å². The molecule has 1 aliphatic rings. The van der Waals surface area contributed by atoms with E-state index >= 15 is 0 Å². The highest BCUT2D eigenvalue weighted by Gasteiger charge is 2.27. The highest BCUT2D eigenvalue weighted by atomic mass is 35.5. The summed E-state index contributed by atoms with van der Waals surface area (Å²) in [5, 5.41) is 8.37. The first-order chi connectivity index (χ1) is 16.3. The molecule has 1 amide bonds. The number of methoxy groups -OCH3 is 1. The summed E-state index contributed by atoms with van der Waals surface area (Å²) in [5.74, 6) is -4.06. The summed E-state index contributed by atoms with van der Waals surface area (Å²) < 4.78 is 46.9. The summed E-state index contributed by atoms with van der Waals surface area (Å²) in [6, 6.07) is 7.15. The number of benzene rings is 2. The number of ether oxygens (including phenoxy) is 1. The summed E-state index contributed by atoms with van der Waals surface area (Å²) >= 11 is 0. The molecule has 0 unspecified atom stereocenters. The Kier molecular flexibility index (Phi) is 8.13. The van der Waals surface area contributed by atoms with Crippen LogP contribution in [-0.4, -0.2) is 51.5 Å². The minimum atomic E-state index is -1.28. The average molecular weight is 510 g/mol. The van der Waals surface area contributed by atoms with Gasteiger partial charge in [-0.1, -0.05) is 17.3 Å². The number of amides is 1. The van der Waals surface area contributed by atoms with Crippen molar-refractivity contribution in [3.05, 3.63) is 70.7 Å². The van der Waals surface area contributed by atoms with Gasteiger partial charge in [-0.3, -0.25) is 4.79 Å². The first kappa shape index (κ1) is 26.2. The molecule has 1 aliphatic heterocycles. The molecule has 0 saturated heterocycles. The van der Waals surface area contributed by atoms with Gasteiger partial charge in [0.2, 0.25) is 5.91 Å². The van der Waals surface area contributed by atoms with E-state index in [0.29, 0.717) is 30.4 Å². The largest absolute Gasteiger partial charge is 0.465 e. The molecule has 35 heavy (non-hydrogen) atoms. The van der Waals surface area contributed by atoms with Gasteiger partial charge in [-0.15, -0.1) is 17.5 Å². The van der Waals surface area contributed by atoms with Gasteiger partial charge in [-0.25, -0.2) is 22.6 Å². The van der Waals surface area contributed by atoms with E-state index in [2.05, 4.69) is 10.3 Å². The van der Waals surface area contributed by atoms with Gasteiger partial charge in [0.05, 0.1) is 31.5 Å².